The highest BCUT2D eigenvalue weighted by atomic mass is 32.1. The molecule has 2 aromatic heterocycles. The number of anilines is 2. The van der Waals surface area contributed by atoms with Gasteiger partial charge in [-0.2, -0.15) is 0 Å². The van der Waals surface area contributed by atoms with Crippen LogP contribution in [-0.2, 0) is 0 Å². The molecular formula is C27H19N5S2. The summed E-state index contributed by atoms with van der Waals surface area (Å²) in [6.07, 6.45) is 17.9. The lowest BCUT2D eigenvalue weighted by atomic mass is 10.1. The predicted molar refractivity (Wildman–Crippen MR) is 144 cm³/mol. The van der Waals surface area contributed by atoms with Crippen LogP contribution < -0.4 is 9.80 Å². The van der Waals surface area contributed by atoms with Crippen molar-refractivity contribution in [2.75, 3.05) is 9.80 Å². The first-order valence-electron chi connectivity index (χ1n) is 10.7. The number of fused-ring (bicyclic) bond motifs is 3. The maximum atomic E-state index is 4.66. The Kier molecular flexibility index (Phi) is 5.05. The molecule has 0 radical (unpaired) electrons. The van der Waals surface area contributed by atoms with E-state index in [-0.39, 0.29) is 0 Å². The molecule has 0 saturated carbocycles. The molecule has 6 rings (SSSR count). The van der Waals surface area contributed by atoms with Gasteiger partial charge in [0.15, 0.2) is 0 Å². The molecule has 0 aromatic carbocycles. The molecule has 0 bridgehead atoms. The van der Waals surface area contributed by atoms with Crippen LogP contribution in [0.2, 0.25) is 0 Å². The normalized spacial score (nSPS) is 16.8. The summed E-state index contributed by atoms with van der Waals surface area (Å²) in [5, 5.41) is 13.0. The number of nitrogens with zero attached hydrogens (tertiary/aromatic N) is 5. The molecule has 0 spiro atoms. The molecule has 164 valence electrons. The van der Waals surface area contributed by atoms with Crippen molar-refractivity contribution in [3.8, 4) is 11.3 Å². The first kappa shape index (κ1) is 20.5. The third-order valence-electron chi connectivity index (χ3n) is 5.75. The van der Waals surface area contributed by atoms with Crippen molar-refractivity contribution in [2.24, 2.45) is 0 Å². The summed E-state index contributed by atoms with van der Waals surface area (Å²) < 4.78 is 0. The molecule has 0 saturated heterocycles. The average Bonchev–Trinajstić information content (AvgIpc) is 3.58. The van der Waals surface area contributed by atoms with Gasteiger partial charge in [-0.05, 0) is 71.5 Å². The Balaban J connectivity index is 1.36. The minimum absolute atomic E-state index is 0.748. The Labute approximate surface area is 205 Å². The molecule has 0 N–H and O–H groups in total. The lowest BCUT2D eigenvalue weighted by Gasteiger charge is -2.24. The van der Waals surface area contributed by atoms with Crippen LogP contribution in [0, 0.1) is 0 Å². The summed E-state index contributed by atoms with van der Waals surface area (Å²) >= 11 is 3.43. The Morgan fingerprint density at radius 2 is 1.38 bits per heavy atom. The Morgan fingerprint density at radius 1 is 0.735 bits per heavy atom. The van der Waals surface area contributed by atoms with Crippen molar-refractivity contribution in [1.82, 2.24) is 15.2 Å². The fourth-order valence-corrected chi connectivity index (χ4v) is 5.68. The molecule has 0 fully saturated rings. The van der Waals surface area contributed by atoms with Gasteiger partial charge in [-0.15, -0.1) is 32.9 Å². The van der Waals surface area contributed by atoms with Crippen LogP contribution in [0.1, 0.15) is 21.1 Å². The number of thiophene rings is 2. The van der Waals surface area contributed by atoms with Crippen molar-refractivity contribution >= 4 is 58.4 Å². The zero-order chi connectivity index (χ0) is 23.1. The average molecular weight is 478 g/mol. The van der Waals surface area contributed by atoms with E-state index in [0.29, 0.717) is 0 Å². The van der Waals surface area contributed by atoms with E-state index in [1.54, 1.807) is 28.9 Å². The largest absolute Gasteiger partial charge is 0.316 e. The van der Waals surface area contributed by atoms with Gasteiger partial charge < -0.3 is 9.80 Å². The molecule has 5 nitrogen and oxygen atoms in total. The quantitative estimate of drug-likeness (QED) is 0.313. The molecule has 34 heavy (non-hydrogen) atoms. The van der Waals surface area contributed by atoms with Crippen LogP contribution in [-0.4, -0.2) is 15.2 Å². The van der Waals surface area contributed by atoms with Crippen molar-refractivity contribution < 1.29 is 0 Å². The number of rotatable bonds is 4. The number of hydrogen-bond acceptors (Lipinski definition) is 7. The van der Waals surface area contributed by atoms with E-state index in [4.69, 9.17) is 0 Å². The Hall–Kier alpha value is -4.07. The highest BCUT2D eigenvalue weighted by molar-refractivity contribution is 7.11. The van der Waals surface area contributed by atoms with Gasteiger partial charge in [0.25, 0.3) is 0 Å². The van der Waals surface area contributed by atoms with Gasteiger partial charge in [-0.3, -0.25) is 4.98 Å². The minimum atomic E-state index is 0.748. The number of aromatic nitrogens is 3. The van der Waals surface area contributed by atoms with E-state index in [2.05, 4.69) is 85.3 Å². The fraction of sp³-hybridized carbons (Fsp3) is 0. The van der Waals surface area contributed by atoms with Crippen molar-refractivity contribution in [1.29, 1.82) is 0 Å². The number of allylic oxidation sites excluding steroid dienone is 2. The van der Waals surface area contributed by atoms with Crippen LogP contribution in [0.5, 0.6) is 0 Å². The van der Waals surface area contributed by atoms with Crippen molar-refractivity contribution in [3.63, 3.8) is 0 Å². The van der Waals surface area contributed by atoms with Gasteiger partial charge in [0.1, 0.15) is 5.69 Å². The van der Waals surface area contributed by atoms with E-state index in [9.17, 15) is 0 Å². The highest BCUT2D eigenvalue weighted by Gasteiger charge is 2.19. The lowest BCUT2D eigenvalue weighted by molar-refractivity contribution is 1.08. The molecule has 4 aliphatic rings. The Morgan fingerprint density at radius 3 is 2.03 bits per heavy atom. The van der Waals surface area contributed by atoms with Gasteiger partial charge in [-0.25, -0.2) is 0 Å². The summed E-state index contributed by atoms with van der Waals surface area (Å²) in [5.74, 6) is 0. The SMILES string of the molecule is C=CN1/C(=C/c2ccc3c(/C=C4\C=Cc5sccc5N4C=C)nnc-3cn2)C=Cc2sccc21. The molecule has 7 heteroatoms. The van der Waals surface area contributed by atoms with Crippen molar-refractivity contribution in [2.45, 2.75) is 0 Å². The molecule has 0 unspecified atom stereocenters. The number of hydrogen-bond donors (Lipinski definition) is 0. The van der Waals surface area contributed by atoms with Crippen molar-refractivity contribution in [3.05, 3.63) is 111 Å². The predicted octanol–water partition coefficient (Wildman–Crippen LogP) is 7.14. The van der Waals surface area contributed by atoms with Crippen LogP contribution in [0.3, 0.4) is 0 Å². The van der Waals surface area contributed by atoms with Crippen LogP contribution >= 0.6 is 22.7 Å². The third-order valence-corrected chi connectivity index (χ3v) is 7.50. The van der Waals surface area contributed by atoms with Gasteiger partial charge in [0.05, 0.1) is 38.7 Å². The fourth-order valence-electron chi connectivity index (χ4n) is 4.12. The van der Waals surface area contributed by atoms with Gasteiger partial charge in [0, 0.05) is 29.4 Å². The molecular weight excluding hydrogens is 458 g/mol. The lowest BCUT2D eigenvalue weighted by Crippen LogP contribution is -2.15. The van der Waals surface area contributed by atoms with E-state index in [1.165, 1.54) is 9.75 Å². The zero-order valence-electron chi connectivity index (χ0n) is 18.1. The summed E-state index contributed by atoms with van der Waals surface area (Å²) in [7, 11) is 0. The Bertz CT molecular complexity index is 1520. The molecule has 2 aromatic rings. The van der Waals surface area contributed by atoms with E-state index in [1.807, 2.05) is 36.7 Å². The molecule has 6 heterocycles. The highest BCUT2D eigenvalue weighted by Crippen LogP contribution is 2.37. The topological polar surface area (TPSA) is 45.2 Å². The molecule has 0 aliphatic carbocycles. The molecule has 0 amide bonds. The smallest absolute Gasteiger partial charge is 0.113 e. The third kappa shape index (κ3) is 3.42. The maximum Gasteiger partial charge on any atom is 0.113 e. The second-order valence-corrected chi connectivity index (χ2v) is 9.55. The van der Waals surface area contributed by atoms with Crippen LogP contribution in [0.4, 0.5) is 11.4 Å². The summed E-state index contributed by atoms with van der Waals surface area (Å²) in [5.41, 5.74) is 7.57. The standard InChI is InChI=1S/C27H19N5S2/c1-3-31-19(6-9-26-24(31)11-13-33-26)15-18-5-8-21-22(29-30-23(21)17-28-18)16-20-7-10-27-25(12-14-34-27)32(20)4-2/h3-17H,1-2H2/b19-15+,20-16+. The summed E-state index contributed by atoms with van der Waals surface area (Å²) in [4.78, 5) is 11.2. The molecule has 4 aliphatic heterocycles. The maximum absolute atomic E-state index is 4.66. The van der Waals surface area contributed by atoms with E-state index in [0.717, 1.165) is 45.4 Å². The molecule has 0 atom stereocenters. The van der Waals surface area contributed by atoms with Crippen LogP contribution in [0.15, 0.2) is 90.3 Å². The van der Waals surface area contributed by atoms with Gasteiger partial charge in [-0.1, -0.05) is 13.2 Å². The summed E-state index contributed by atoms with van der Waals surface area (Å²) in [6, 6.07) is 8.23. The van der Waals surface area contributed by atoms with Gasteiger partial charge in [0.2, 0.25) is 0 Å². The minimum Gasteiger partial charge on any atom is -0.316 e. The monoisotopic (exact) mass is 477 g/mol. The van der Waals surface area contributed by atoms with Crippen LogP contribution in [0.25, 0.3) is 35.6 Å². The van der Waals surface area contributed by atoms with Gasteiger partial charge >= 0.3 is 0 Å². The van der Waals surface area contributed by atoms with E-state index < -0.39 is 0 Å². The first-order valence-corrected chi connectivity index (χ1v) is 12.4. The van der Waals surface area contributed by atoms with E-state index >= 15 is 0 Å². The second kappa shape index (κ2) is 8.37. The zero-order valence-corrected chi connectivity index (χ0v) is 19.8. The second-order valence-electron chi connectivity index (χ2n) is 7.65. The summed E-state index contributed by atoms with van der Waals surface area (Å²) in [6.45, 7) is 7.98. The first-order chi connectivity index (χ1) is 16.7.